The topological polar surface area (TPSA) is 0 Å². The highest BCUT2D eigenvalue weighted by molar-refractivity contribution is 7.97. The molecule has 0 unspecified atom stereocenters. The molecular formula is C35H58S4. The minimum absolute atomic E-state index is 0.791. The quantitative estimate of drug-likeness (QED) is 0.235. The van der Waals surface area contributed by atoms with Crippen molar-refractivity contribution in [1.82, 2.24) is 0 Å². The van der Waals surface area contributed by atoms with E-state index in [-0.39, 0.29) is 0 Å². The summed E-state index contributed by atoms with van der Waals surface area (Å²) in [6.07, 6.45) is 7.12. The molecule has 0 spiro atoms. The van der Waals surface area contributed by atoms with E-state index in [0.717, 1.165) is 23.0 Å². The van der Waals surface area contributed by atoms with Gasteiger partial charge >= 0.3 is 0 Å². The molecule has 0 saturated heterocycles. The highest BCUT2D eigenvalue weighted by atomic mass is 32.2. The fourth-order valence-electron chi connectivity index (χ4n) is 2.59. The first-order valence-corrected chi connectivity index (χ1v) is 17.7. The Morgan fingerprint density at radius 2 is 0.769 bits per heavy atom. The molecule has 222 valence electrons. The van der Waals surface area contributed by atoms with Crippen LogP contribution in [0.3, 0.4) is 0 Å². The van der Waals surface area contributed by atoms with Gasteiger partial charge in [0.1, 0.15) is 0 Å². The second-order valence-corrected chi connectivity index (χ2v) is 10.8. The van der Waals surface area contributed by atoms with E-state index in [4.69, 9.17) is 0 Å². The number of hydrogen-bond donors (Lipinski definition) is 3. The van der Waals surface area contributed by atoms with E-state index >= 15 is 0 Å². The Kier molecular flexibility index (Phi) is 36.3. The van der Waals surface area contributed by atoms with Crippen LogP contribution in [0.4, 0.5) is 0 Å². The minimum atomic E-state index is 0.791. The van der Waals surface area contributed by atoms with Crippen LogP contribution in [0.5, 0.6) is 0 Å². The summed E-state index contributed by atoms with van der Waals surface area (Å²) < 4.78 is 0. The van der Waals surface area contributed by atoms with Crippen LogP contribution < -0.4 is 0 Å². The maximum Gasteiger partial charge on any atom is 0.0181 e. The van der Waals surface area contributed by atoms with Crippen LogP contribution in [0.1, 0.15) is 103 Å². The molecule has 0 aliphatic carbocycles. The van der Waals surface area contributed by atoms with Crippen LogP contribution in [0, 0.1) is 0 Å². The molecule has 0 N–H and O–H groups in total. The third kappa shape index (κ3) is 25.8. The van der Waals surface area contributed by atoms with Crippen molar-refractivity contribution < 1.29 is 0 Å². The van der Waals surface area contributed by atoms with Gasteiger partial charge in [-0.2, -0.15) is 49.6 Å². The first kappa shape index (κ1) is 42.5. The second kappa shape index (κ2) is 33.3. The van der Waals surface area contributed by atoms with E-state index in [2.05, 4.69) is 172 Å². The zero-order valence-electron chi connectivity index (χ0n) is 26.3. The van der Waals surface area contributed by atoms with Crippen molar-refractivity contribution in [1.29, 1.82) is 0 Å². The minimum Gasteiger partial charge on any atom is -0.175 e. The van der Waals surface area contributed by atoms with Gasteiger partial charge in [-0.1, -0.05) is 154 Å². The average Bonchev–Trinajstić information content (AvgIpc) is 2.96. The summed E-state index contributed by atoms with van der Waals surface area (Å²) in [4.78, 5) is 0. The molecule has 3 rings (SSSR count). The van der Waals surface area contributed by atoms with E-state index in [0.29, 0.717) is 0 Å². The first-order chi connectivity index (χ1) is 18.9. The van der Waals surface area contributed by atoms with Gasteiger partial charge in [-0.25, -0.2) is 0 Å². The number of thioether (sulfide) groups is 1. The smallest absolute Gasteiger partial charge is 0.0181 e. The van der Waals surface area contributed by atoms with E-state index in [1.54, 1.807) is 0 Å². The van der Waals surface area contributed by atoms with Crippen molar-refractivity contribution in [2.75, 3.05) is 6.26 Å². The summed E-state index contributed by atoms with van der Waals surface area (Å²) in [7, 11) is 0. The molecule has 0 atom stereocenters. The van der Waals surface area contributed by atoms with Crippen LogP contribution in [0.2, 0.25) is 0 Å². The van der Waals surface area contributed by atoms with Crippen LogP contribution in [0.25, 0.3) is 11.1 Å². The van der Waals surface area contributed by atoms with Gasteiger partial charge in [-0.05, 0) is 39.6 Å². The van der Waals surface area contributed by atoms with Gasteiger partial charge in [0.25, 0.3) is 0 Å². The van der Waals surface area contributed by atoms with Gasteiger partial charge in [-0.3, -0.25) is 0 Å². The fourth-order valence-corrected chi connectivity index (χ4v) is 3.72. The van der Waals surface area contributed by atoms with E-state index in [1.807, 2.05) is 11.8 Å². The van der Waals surface area contributed by atoms with Gasteiger partial charge in [0.15, 0.2) is 0 Å². The molecule has 0 heterocycles. The average molecular weight is 607 g/mol. The van der Waals surface area contributed by atoms with Gasteiger partial charge in [0.2, 0.25) is 0 Å². The molecule has 3 aromatic carbocycles. The van der Waals surface area contributed by atoms with Gasteiger partial charge in [0.05, 0.1) is 0 Å². The standard InChI is InChI=1S/C14H14S2.C9H12S2.4C3H8/c15-9-11-1-5-13(6-2-11)14-7-3-12(10-16)4-8-14;1-11-7-9-4-2-3-8(5-9)6-10;4*1-3-2/h1-8,15-16H,9-10H2;2-5,10H,6-7H2,1H3;4*3H2,1-2H3. The lowest BCUT2D eigenvalue weighted by Crippen LogP contribution is -1.82. The lowest BCUT2D eigenvalue weighted by atomic mass is 10.0. The van der Waals surface area contributed by atoms with Crippen LogP contribution in [-0.4, -0.2) is 6.26 Å². The van der Waals surface area contributed by atoms with Crippen molar-refractivity contribution in [3.63, 3.8) is 0 Å². The monoisotopic (exact) mass is 606 g/mol. The summed E-state index contributed by atoms with van der Waals surface area (Å²) in [5.74, 6) is 3.52. The predicted octanol–water partition coefficient (Wildman–Crippen LogP) is 12.9. The number of thiol groups is 3. The van der Waals surface area contributed by atoms with Crippen molar-refractivity contribution >= 4 is 49.6 Å². The Balaban J connectivity index is -0.000000488. The molecule has 0 nitrogen and oxygen atoms in total. The summed E-state index contributed by atoms with van der Waals surface area (Å²) in [6.45, 7) is 17.0. The number of benzene rings is 3. The maximum absolute atomic E-state index is 4.25. The van der Waals surface area contributed by atoms with Gasteiger partial charge in [0, 0.05) is 23.0 Å². The molecule has 0 amide bonds. The molecule has 0 fully saturated rings. The van der Waals surface area contributed by atoms with Crippen molar-refractivity contribution in [2.24, 2.45) is 0 Å². The predicted molar refractivity (Wildman–Crippen MR) is 197 cm³/mol. The maximum atomic E-state index is 4.25. The zero-order chi connectivity index (χ0) is 30.3. The Morgan fingerprint density at radius 1 is 0.462 bits per heavy atom. The highest BCUT2D eigenvalue weighted by Gasteiger charge is 1.98. The third-order valence-electron chi connectivity index (χ3n) is 4.09. The lowest BCUT2D eigenvalue weighted by molar-refractivity contribution is 1.09. The number of rotatable bonds is 6. The summed E-state index contributed by atoms with van der Waals surface area (Å²) >= 11 is 14.6. The Morgan fingerprint density at radius 3 is 1.05 bits per heavy atom. The molecule has 0 aromatic heterocycles. The van der Waals surface area contributed by atoms with Crippen LogP contribution >= 0.6 is 49.6 Å². The Bertz CT molecular complexity index is 805. The van der Waals surface area contributed by atoms with E-state index in [1.165, 1.54) is 59.1 Å². The number of hydrogen-bond acceptors (Lipinski definition) is 4. The SMILES string of the molecule is CCC.CCC.CCC.CCC.CSCc1cccc(CS)c1.SCc1ccc(-c2ccc(CS)cc2)cc1. The molecular weight excluding hydrogens is 549 g/mol. The molecule has 0 bridgehead atoms. The fraction of sp³-hybridized carbons (Fsp3) is 0.486. The summed E-state index contributed by atoms with van der Waals surface area (Å²) in [6, 6.07) is 25.6. The third-order valence-corrected chi connectivity index (χ3v) is 5.81. The molecule has 0 radical (unpaired) electrons. The molecule has 4 heteroatoms. The van der Waals surface area contributed by atoms with E-state index < -0.39 is 0 Å². The zero-order valence-corrected chi connectivity index (χ0v) is 29.8. The highest BCUT2D eigenvalue weighted by Crippen LogP contribution is 2.21. The molecule has 0 saturated carbocycles. The molecule has 39 heavy (non-hydrogen) atoms. The summed E-state index contributed by atoms with van der Waals surface area (Å²) in [5.41, 5.74) is 7.69. The van der Waals surface area contributed by atoms with Crippen molar-refractivity contribution in [3.8, 4) is 11.1 Å². The molecule has 0 aliphatic heterocycles. The van der Waals surface area contributed by atoms with Crippen molar-refractivity contribution in [3.05, 3.63) is 95.1 Å². The lowest BCUT2D eigenvalue weighted by Gasteiger charge is -2.04. The summed E-state index contributed by atoms with van der Waals surface area (Å²) in [5, 5.41) is 0. The molecule has 3 aromatic rings. The normalized spacial score (nSPS) is 8.92. The Hall–Kier alpha value is -0.940. The van der Waals surface area contributed by atoms with Crippen molar-refractivity contribution in [2.45, 2.75) is 104 Å². The van der Waals surface area contributed by atoms with Crippen LogP contribution in [0.15, 0.2) is 72.8 Å². The molecule has 0 aliphatic rings. The largest absolute Gasteiger partial charge is 0.175 e. The first-order valence-electron chi connectivity index (χ1n) is 14.4. The van der Waals surface area contributed by atoms with Gasteiger partial charge < -0.3 is 0 Å². The van der Waals surface area contributed by atoms with Gasteiger partial charge in [-0.15, -0.1) is 0 Å². The van der Waals surface area contributed by atoms with Crippen LogP contribution in [-0.2, 0) is 23.0 Å². The Labute approximate surface area is 264 Å². The second-order valence-electron chi connectivity index (χ2n) is 8.95. The van der Waals surface area contributed by atoms with E-state index in [9.17, 15) is 0 Å².